The average molecular weight is 265 g/mol. The van der Waals surface area contributed by atoms with Gasteiger partial charge in [-0.25, -0.2) is 0 Å². The lowest BCUT2D eigenvalue weighted by Crippen LogP contribution is -2.19. The average Bonchev–Trinajstić information content (AvgIpc) is 2.48. The number of allylic oxidation sites excluding steroid dienone is 7. The van der Waals surface area contributed by atoms with Gasteiger partial charge in [0.1, 0.15) is 0 Å². The van der Waals surface area contributed by atoms with Gasteiger partial charge in [-0.3, -0.25) is 0 Å². The Bertz CT molecular complexity index is 530. The number of hydrogen-bond acceptors (Lipinski definition) is 1. The zero-order valence-electron chi connectivity index (χ0n) is 12.6. The first-order valence-electron chi connectivity index (χ1n) is 6.88. The molecule has 0 saturated heterocycles. The second kappa shape index (κ2) is 8.76. The molecule has 0 bridgehead atoms. The molecule has 0 radical (unpaired) electrons. The van der Waals surface area contributed by atoms with Crippen LogP contribution in [-0.4, -0.2) is 0 Å². The lowest BCUT2D eigenvalue weighted by Gasteiger charge is -2.27. The number of hydrogen-bond donors (Lipinski definition) is 0. The van der Waals surface area contributed by atoms with Crippen LogP contribution in [0.4, 0.5) is 5.69 Å². The van der Waals surface area contributed by atoms with Gasteiger partial charge in [-0.2, -0.15) is 0 Å². The molecule has 0 amide bonds. The van der Waals surface area contributed by atoms with Crippen LogP contribution in [0.25, 0.3) is 0 Å². The van der Waals surface area contributed by atoms with Crippen molar-refractivity contribution >= 4 is 5.69 Å². The molecular formula is C19H23N. The van der Waals surface area contributed by atoms with Crippen LogP contribution in [0.3, 0.4) is 0 Å². The normalized spacial score (nSPS) is 13.2. The predicted molar refractivity (Wildman–Crippen MR) is 90.6 cm³/mol. The Hall–Kier alpha value is -2.28. The highest BCUT2D eigenvalue weighted by atomic mass is 15.1. The van der Waals surface area contributed by atoms with E-state index in [-0.39, 0.29) is 0 Å². The molecule has 0 heterocycles. The molecule has 0 atom stereocenters. The lowest BCUT2D eigenvalue weighted by atomic mass is 10.2. The van der Waals surface area contributed by atoms with Gasteiger partial charge >= 0.3 is 0 Å². The second-order valence-electron chi connectivity index (χ2n) is 4.21. The highest BCUT2D eigenvalue weighted by Crippen LogP contribution is 2.25. The molecular weight excluding hydrogens is 242 g/mol. The smallest absolute Gasteiger partial charge is 0.0461 e. The summed E-state index contributed by atoms with van der Waals surface area (Å²) >= 11 is 0. The highest BCUT2D eigenvalue weighted by molar-refractivity contribution is 5.62. The van der Waals surface area contributed by atoms with E-state index in [4.69, 9.17) is 0 Å². The molecule has 0 N–H and O–H groups in total. The maximum absolute atomic E-state index is 3.82. The van der Waals surface area contributed by atoms with Crippen LogP contribution in [0.1, 0.15) is 20.8 Å². The highest BCUT2D eigenvalue weighted by Gasteiger charge is 2.11. The van der Waals surface area contributed by atoms with Gasteiger partial charge < -0.3 is 4.90 Å². The summed E-state index contributed by atoms with van der Waals surface area (Å²) in [5.41, 5.74) is 3.34. The largest absolute Gasteiger partial charge is 0.311 e. The maximum Gasteiger partial charge on any atom is 0.0461 e. The minimum atomic E-state index is 1.08. The number of nitrogens with zero attached hydrogens (tertiary/aromatic N) is 1. The standard InChI is InChI=1S/C19H23N/c1-5-12-17(8-4)20(18(13-6-2)14-7-3)19-15-10-9-11-16-19/h5-16H,2H2,1,3-4H3/b12-5-,14-7-,17-8+,18-13+. The first kappa shape index (κ1) is 15.8. The number of para-hydroxylation sites is 1. The van der Waals surface area contributed by atoms with Crippen molar-refractivity contribution in [3.63, 3.8) is 0 Å². The van der Waals surface area contributed by atoms with Crippen molar-refractivity contribution < 1.29 is 0 Å². The maximum atomic E-state index is 3.82. The van der Waals surface area contributed by atoms with E-state index in [1.165, 1.54) is 0 Å². The lowest BCUT2D eigenvalue weighted by molar-refractivity contribution is 1.13. The Kier molecular flexibility index (Phi) is 6.91. The van der Waals surface area contributed by atoms with E-state index in [0.717, 1.165) is 17.1 Å². The molecule has 1 rings (SSSR count). The second-order valence-corrected chi connectivity index (χ2v) is 4.21. The molecule has 0 unspecified atom stereocenters. The van der Waals surface area contributed by atoms with Crippen LogP contribution < -0.4 is 4.90 Å². The van der Waals surface area contributed by atoms with Crippen LogP contribution in [0.2, 0.25) is 0 Å². The van der Waals surface area contributed by atoms with Crippen LogP contribution >= 0.6 is 0 Å². The summed E-state index contributed by atoms with van der Waals surface area (Å²) in [4.78, 5) is 2.21. The Morgan fingerprint density at radius 1 is 0.950 bits per heavy atom. The van der Waals surface area contributed by atoms with Crippen LogP contribution in [0.15, 0.2) is 90.8 Å². The molecule has 0 fully saturated rings. The quantitative estimate of drug-likeness (QED) is 0.603. The molecule has 0 spiro atoms. The molecule has 1 aromatic rings. The summed E-state index contributed by atoms with van der Waals surface area (Å²) in [6.07, 6.45) is 14.2. The SMILES string of the molecule is C=C/C=C(\C=C/C)N(C(/C=C\C)=C/C)c1ccccc1. The minimum Gasteiger partial charge on any atom is -0.311 e. The Morgan fingerprint density at radius 3 is 2.05 bits per heavy atom. The molecule has 0 aliphatic carbocycles. The Labute approximate surface area is 122 Å². The Balaban J connectivity index is 3.41. The monoisotopic (exact) mass is 265 g/mol. The van der Waals surface area contributed by atoms with Gasteiger partial charge in [0.25, 0.3) is 0 Å². The van der Waals surface area contributed by atoms with Crippen molar-refractivity contribution in [2.75, 3.05) is 4.90 Å². The molecule has 0 saturated carbocycles. The van der Waals surface area contributed by atoms with Gasteiger partial charge in [0.05, 0.1) is 0 Å². The van der Waals surface area contributed by atoms with Crippen LogP contribution in [0, 0.1) is 0 Å². The van der Waals surface area contributed by atoms with Gasteiger partial charge in [0.2, 0.25) is 0 Å². The molecule has 0 aliphatic rings. The van der Waals surface area contributed by atoms with Gasteiger partial charge in [-0.15, -0.1) is 0 Å². The topological polar surface area (TPSA) is 3.24 Å². The van der Waals surface area contributed by atoms with Crippen molar-refractivity contribution in [2.24, 2.45) is 0 Å². The first-order chi connectivity index (χ1) is 9.78. The van der Waals surface area contributed by atoms with E-state index in [2.05, 4.69) is 41.8 Å². The zero-order valence-corrected chi connectivity index (χ0v) is 12.6. The van der Waals surface area contributed by atoms with E-state index < -0.39 is 0 Å². The van der Waals surface area contributed by atoms with E-state index in [0.29, 0.717) is 0 Å². The van der Waals surface area contributed by atoms with E-state index in [9.17, 15) is 0 Å². The fourth-order valence-corrected chi connectivity index (χ4v) is 1.99. The summed E-state index contributed by atoms with van der Waals surface area (Å²) in [5, 5.41) is 0. The van der Waals surface area contributed by atoms with E-state index in [1.807, 2.05) is 63.3 Å². The van der Waals surface area contributed by atoms with Gasteiger partial charge in [-0.1, -0.05) is 49.1 Å². The van der Waals surface area contributed by atoms with E-state index in [1.54, 1.807) is 0 Å². The molecule has 1 aromatic carbocycles. The number of rotatable bonds is 6. The third kappa shape index (κ3) is 4.13. The van der Waals surface area contributed by atoms with Gasteiger partial charge in [0.15, 0.2) is 0 Å². The molecule has 0 aromatic heterocycles. The van der Waals surface area contributed by atoms with Crippen molar-refractivity contribution in [1.82, 2.24) is 0 Å². The van der Waals surface area contributed by atoms with Gasteiger partial charge in [0, 0.05) is 17.1 Å². The Morgan fingerprint density at radius 2 is 1.55 bits per heavy atom. The summed E-state index contributed by atoms with van der Waals surface area (Å²) in [7, 11) is 0. The molecule has 0 aliphatic heterocycles. The zero-order chi connectivity index (χ0) is 14.8. The molecule has 20 heavy (non-hydrogen) atoms. The van der Waals surface area contributed by atoms with Crippen molar-refractivity contribution in [3.8, 4) is 0 Å². The minimum absolute atomic E-state index is 1.08. The fraction of sp³-hybridized carbons (Fsp3) is 0.158. The third-order valence-electron chi connectivity index (χ3n) is 2.79. The van der Waals surface area contributed by atoms with Crippen molar-refractivity contribution in [1.29, 1.82) is 0 Å². The predicted octanol–water partition coefficient (Wildman–Crippen LogP) is 5.62. The summed E-state index contributed by atoms with van der Waals surface area (Å²) in [6, 6.07) is 10.3. The van der Waals surface area contributed by atoms with Crippen molar-refractivity contribution in [3.05, 3.63) is 90.8 Å². The fourth-order valence-electron chi connectivity index (χ4n) is 1.99. The summed E-state index contributed by atoms with van der Waals surface area (Å²) in [5.74, 6) is 0. The number of anilines is 1. The molecule has 1 nitrogen and oxygen atoms in total. The van der Waals surface area contributed by atoms with Gasteiger partial charge in [-0.05, 0) is 51.1 Å². The summed E-state index contributed by atoms with van der Waals surface area (Å²) < 4.78 is 0. The first-order valence-corrected chi connectivity index (χ1v) is 6.88. The van der Waals surface area contributed by atoms with Crippen LogP contribution in [0.5, 0.6) is 0 Å². The summed E-state index contributed by atoms with van der Waals surface area (Å²) in [6.45, 7) is 9.91. The number of benzene rings is 1. The van der Waals surface area contributed by atoms with Crippen LogP contribution in [-0.2, 0) is 0 Å². The van der Waals surface area contributed by atoms with Crippen molar-refractivity contribution in [2.45, 2.75) is 20.8 Å². The van der Waals surface area contributed by atoms with E-state index >= 15 is 0 Å². The molecule has 1 heteroatoms. The third-order valence-corrected chi connectivity index (χ3v) is 2.79. The molecule has 104 valence electrons.